The van der Waals surface area contributed by atoms with E-state index in [4.69, 9.17) is 22.1 Å². The molecule has 0 aliphatic carbocycles. The fraction of sp³-hybridized carbons (Fsp3) is 0.250. The Kier molecular flexibility index (Phi) is 4.63. The topological polar surface area (TPSA) is 35.2 Å². The molecule has 0 aliphatic rings. The fourth-order valence-electron chi connectivity index (χ4n) is 1.99. The van der Waals surface area contributed by atoms with E-state index in [-0.39, 0.29) is 11.9 Å². The summed E-state index contributed by atoms with van der Waals surface area (Å²) in [4.78, 5) is 0. The van der Waals surface area contributed by atoms with Gasteiger partial charge in [-0.15, -0.1) is 0 Å². The van der Waals surface area contributed by atoms with Crippen molar-refractivity contribution in [1.82, 2.24) is 0 Å². The number of rotatable bonds is 4. The number of halogens is 2. The van der Waals surface area contributed by atoms with E-state index in [1.165, 1.54) is 12.1 Å². The second-order valence-corrected chi connectivity index (χ2v) is 5.32. The highest BCUT2D eigenvalue weighted by atomic mass is 35.5. The summed E-state index contributed by atoms with van der Waals surface area (Å²) in [6.07, 6.45) is 0.0735. The monoisotopic (exact) mass is 293 g/mol. The van der Waals surface area contributed by atoms with Crippen LogP contribution in [0.2, 0.25) is 5.02 Å². The van der Waals surface area contributed by atoms with Crippen LogP contribution in [0.15, 0.2) is 42.5 Å². The fourth-order valence-corrected chi connectivity index (χ4v) is 2.17. The molecule has 1 atom stereocenters. The largest absolute Gasteiger partial charge is 0.491 e. The molecule has 0 aliphatic heterocycles. The van der Waals surface area contributed by atoms with E-state index in [0.717, 1.165) is 11.3 Å². The third-order valence-corrected chi connectivity index (χ3v) is 3.12. The SMILES string of the molecule is CC(C)Oc1cccc(C(N)c2cc(Cl)ccc2F)c1. The highest BCUT2D eigenvalue weighted by molar-refractivity contribution is 6.30. The standard InChI is InChI=1S/C16H17ClFNO/c1-10(2)20-13-5-3-4-11(8-13)16(19)14-9-12(17)6-7-15(14)18/h3-10,16H,19H2,1-2H3. The quantitative estimate of drug-likeness (QED) is 0.911. The van der Waals surface area contributed by atoms with Crippen LogP contribution in [0.3, 0.4) is 0 Å². The van der Waals surface area contributed by atoms with E-state index >= 15 is 0 Å². The summed E-state index contributed by atoms with van der Waals surface area (Å²) >= 11 is 5.90. The second kappa shape index (κ2) is 6.25. The lowest BCUT2D eigenvalue weighted by molar-refractivity contribution is 0.242. The van der Waals surface area contributed by atoms with Crippen LogP contribution in [-0.4, -0.2) is 6.10 Å². The van der Waals surface area contributed by atoms with Gasteiger partial charge >= 0.3 is 0 Å². The van der Waals surface area contributed by atoms with Crippen molar-refractivity contribution in [3.05, 3.63) is 64.4 Å². The number of ether oxygens (including phenoxy) is 1. The van der Waals surface area contributed by atoms with Gasteiger partial charge in [-0.2, -0.15) is 0 Å². The van der Waals surface area contributed by atoms with Gasteiger partial charge in [0.1, 0.15) is 11.6 Å². The molecule has 0 amide bonds. The molecule has 20 heavy (non-hydrogen) atoms. The van der Waals surface area contributed by atoms with E-state index in [9.17, 15) is 4.39 Å². The Hall–Kier alpha value is -1.58. The van der Waals surface area contributed by atoms with E-state index in [2.05, 4.69) is 0 Å². The summed E-state index contributed by atoms with van der Waals surface area (Å²) in [5.74, 6) is 0.354. The molecule has 0 spiro atoms. The summed E-state index contributed by atoms with van der Waals surface area (Å²) in [6.45, 7) is 3.90. The lowest BCUT2D eigenvalue weighted by Gasteiger charge is -2.16. The smallest absolute Gasteiger partial charge is 0.128 e. The molecule has 0 saturated carbocycles. The molecule has 0 aromatic heterocycles. The Morgan fingerprint density at radius 1 is 1.15 bits per heavy atom. The summed E-state index contributed by atoms with van der Waals surface area (Å²) in [6, 6.07) is 11.2. The maximum atomic E-state index is 13.8. The highest BCUT2D eigenvalue weighted by Crippen LogP contribution is 2.27. The average Bonchev–Trinajstić information content (AvgIpc) is 2.40. The van der Waals surface area contributed by atoms with E-state index in [0.29, 0.717) is 10.6 Å². The molecule has 106 valence electrons. The molecule has 1 unspecified atom stereocenters. The first-order valence-electron chi connectivity index (χ1n) is 6.44. The van der Waals surface area contributed by atoms with Gasteiger partial charge in [0.15, 0.2) is 0 Å². The van der Waals surface area contributed by atoms with Crippen LogP contribution in [0, 0.1) is 5.82 Å². The zero-order chi connectivity index (χ0) is 14.7. The van der Waals surface area contributed by atoms with Gasteiger partial charge in [-0.1, -0.05) is 23.7 Å². The minimum Gasteiger partial charge on any atom is -0.491 e. The van der Waals surface area contributed by atoms with Gasteiger partial charge in [-0.3, -0.25) is 0 Å². The van der Waals surface area contributed by atoms with Crippen LogP contribution in [0.25, 0.3) is 0 Å². The molecule has 2 rings (SSSR count). The van der Waals surface area contributed by atoms with Gasteiger partial charge in [0.05, 0.1) is 12.1 Å². The average molecular weight is 294 g/mol. The van der Waals surface area contributed by atoms with Crippen molar-refractivity contribution >= 4 is 11.6 Å². The molecule has 2 aromatic rings. The predicted octanol–water partition coefficient (Wildman–Crippen LogP) is 4.31. The molecule has 0 fully saturated rings. The first-order chi connectivity index (χ1) is 9.47. The number of benzene rings is 2. The third kappa shape index (κ3) is 3.50. The van der Waals surface area contributed by atoms with Crippen molar-refractivity contribution in [3.63, 3.8) is 0 Å². The van der Waals surface area contributed by atoms with E-state index < -0.39 is 6.04 Å². The highest BCUT2D eigenvalue weighted by Gasteiger charge is 2.15. The molecule has 0 heterocycles. The van der Waals surface area contributed by atoms with Crippen molar-refractivity contribution in [2.45, 2.75) is 26.0 Å². The number of hydrogen-bond acceptors (Lipinski definition) is 2. The Morgan fingerprint density at radius 2 is 1.90 bits per heavy atom. The molecule has 2 N–H and O–H groups in total. The summed E-state index contributed by atoms with van der Waals surface area (Å²) < 4.78 is 19.5. The maximum Gasteiger partial charge on any atom is 0.128 e. The predicted molar refractivity (Wildman–Crippen MR) is 79.6 cm³/mol. The molecule has 0 bridgehead atoms. The Bertz CT molecular complexity index is 601. The molecule has 0 radical (unpaired) electrons. The lowest BCUT2D eigenvalue weighted by Crippen LogP contribution is -2.14. The first kappa shape index (κ1) is 14.8. The van der Waals surface area contributed by atoms with Gasteiger partial charge < -0.3 is 10.5 Å². The summed E-state index contributed by atoms with van der Waals surface area (Å²) in [7, 11) is 0. The number of nitrogens with two attached hydrogens (primary N) is 1. The molecule has 2 aromatic carbocycles. The van der Waals surface area contributed by atoms with Gasteiger partial charge in [0.25, 0.3) is 0 Å². The number of hydrogen-bond donors (Lipinski definition) is 1. The van der Waals surface area contributed by atoms with Crippen molar-refractivity contribution < 1.29 is 9.13 Å². The molecule has 4 heteroatoms. The Labute approximate surface area is 123 Å². The zero-order valence-corrected chi connectivity index (χ0v) is 12.2. The lowest BCUT2D eigenvalue weighted by atomic mass is 9.99. The minimum atomic E-state index is -0.579. The van der Waals surface area contributed by atoms with Gasteiger partial charge in [-0.05, 0) is 49.7 Å². The minimum absolute atomic E-state index is 0.0735. The van der Waals surface area contributed by atoms with Crippen LogP contribution in [-0.2, 0) is 0 Å². The van der Waals surface area contributed by atoms with Crippen LogP contribution >= 0.6 is 11.6 Å². The van der Waals surface area contributed by atoms with Crippen LogP contribution in [0.4, 0.5) is 4.39 Å². The Balaban J connectivity index is 2.33. The molecule has 0 saturated heterocycles. The van der Waals surface area contributed by atoms with E-state index in [1.807, 2.05) is 38.1 Å². The van der Waals surface area contributed by atoms with Crippen LogP contribution in [0.1, 0.15) is 31.0 Å². The van der Waals surface area contributed by atoms with Gasteiger partial charge in [0.2, 0.25) is 0 Å². The van der Waals surface area contributed by atoms with Crippen molar-refractivity contribution in [2.24, 2.45) is 5.73 Å². The van der Waals surface area contributed by atoms with Crippen molar-refractivity contribution in [1.29, 1.82) is 0 Å². The zero-order valence-electron chi connectivity index (χ0n) is 11.4. The maximum absolute atomic E-state index is 13.8. The summed E-state index contributed by atoms with van der Waals surface area (Å²) in [5, 5.41) is 0.464. The Morgan fingerprint density at radius 3 is 2.60 bits per heavy atom. The molecular weight excluding hydrogens is 277 g/mol. The molecular formula is C16H17ClFNO. The van der Waals surface area contributed by atoms with Gasteiger partial charge in [0, 0.05) is 10.6 Å². The molecule has 2 nitrogen and oxygen atoms in total. The van der Waals surface area contributed by atoms with Crippen LogP contribution < -0.4 is 10.5 Å². The van der Waals surface area contributed by atoms with E-state index in [1.54, 1.807) is 6.07 Å². The van der Waals surface area contributed by atoms with Gasteiger partial charge in [-0.25, -0.2) is 4.39 Å². The normalized spacial score (nSPS) is 12.5. The van der Waals surface area contributed by atoms with Crippen molar-refractivity contribution in [3.8, 4) is 5.75 Å². The van der Waals surface area contributed by atoms with Crippen LogP contribution in [0.5, 0.6) is 5.75 Å². The van der Waals surface area contributed by atoms with Crippen molar-refractivity contribution in [2.75, 3.05) is 0 Å². The summed E-state index contributed by atoms with van der Waals surface area (Å²) in [5.41, 5.74) is 7.29. The third-order valence-electron chi connectivity index (χ3n) is 2.88. The first-order valence-corrected chi connectivity index (χ1v) is 6.82. The second-order valence-electron chi connectivity index (χ2n) is 4.88.